The van der Waals surface area contributed by atoms with E-state index in [0.717, 1.165) is 5.75 Å². The van der Waals surface area contributed by atoms with Gasteiger partial charge in [0, 0.05) is 12.3 Å². The molecule has 1 rings (SSSR count). The van der Waals surface area contributed by atoms with Gasteiger partial charge < -0.3 is 10.4 Å². The normalized spacial score (nSPS) is 10.1. The third kappa shape index (κ3) is 3.89. The SMILES string of the molecule is CSCCNC(=O)Cn1cc(C(=O)O)nn1. The molecule has 0 aliphatic rings. The van der Waals surface area contributed by atoms with Gasteiger partial charge >= 0.3 is 5.97 Å². The van der Waals surface area contributed by atoms with Crippen LogP contribution in [0.3, 0.4) is 0 Å². The second kappa shape index (κ2) is 6.11. The van der Waals surface area contributed by atoms with Gasteiger partial charge in [-0.25, -0.2) is 9.48 Å². The molecule has 2 N–H and O–H groups in total. The van der Waals surface area contributed by atoms with E-state index in [-0.39, 0.29) is 18.1 Å². The molecule has 16 heavy (non-hydrogen) atoms. The average Bonchev–Trinajstić information content (AvgIpc) is 2.66. The Balaban J connectivity index is 2.40. The monoisotopic (exact) mass is 244 g/mol. The largest absolute Gasteiger partial charge is 0.476 e. The molecule has 8 heteroatoms. The van der Waals surface area contributed by atoms with Crippen LogP contribution in [-0.2, 0) is 11.3 Å². The number of hydrogen-bond donors (Lipinski definition) is 2. The number of aromatic carboxylic acids is 1. The van der Waals surface area contributed by atoms with E-state index in [9.17, 15) is 9.59 Å². The van der Waals surface area contributed by atoms with Crippen molar-refractivity contribution < 1.29 is 14.7 Å². The minimum atomic E-state index is -1.16. The summed E-state index contributed by atoms with van der Waals surface area (Å²) in [6.07, 6.45) is 3.17. The number of nitrogens with one attached hydrogen (secondary N) is 1. The van der Waals surface area contributed by atoms with Crippen molar-refractivity contribution in [2.45, 2.75) is 6.54 Å². The first-order chi connectivity index (χ1) is 7.63. The Kier molecular flexibility index (Phi) is 4.77. The lowest BCUT2D eigenvalue weighted by molar-refractivity contribution is -0.121. The molecule has 1 aromatic rings. The van der Waals surface area contributed by atoms with Crippen LogP contribution in [0.4, 0.5) is 0 Å². The third-order valence-corrected chi connectivity index (χ3v) is 2.30. The molecule has 0 unspecified atom stereocenters. The van der Waals surface area contributed by atoms with Crippen LogP contribution in [0.2, 0.25) is 0 Å². The van der Waals surface area contributed by atoms with Crippen molar-refractivity contribution in [1.82, 2.24) is 20.3 Å². The summed E-state index contributed by atoms with van der Waals surface area (Å²) in [7, 11) is 0. The molecule has 0 saturated carbocycles. The highest BCUT2D eigenvalue weighted by Crippen LogP contribution is 1.92. The number of carbonyl (C=O) groups is 2. The van der Waals surface area contributed by atoms with Gasteiger partial charge in [0.2, 0.25) is 5.91 Å². The van der Waals surface area contributed by atoms with Gasteiger partial charge in [-0.15, -0.1) is 5.10 Å². The van der Waals surface area contributed by atoms with E-state index in [2.05, 4.69) is 15.6 Å². The molecule has 1 aromatic heterocycles. The Morgan fingerprint density at radius 3 is 2.94 bits per heavy atom. The second-order valence-electron chi connectivity index (χ2n) is 2.95. The van der Waals surface area contributed by atoms with Gasteiger partial charge in [0.1, 0.15) is 6.54 Å². The number of carboxylic acid groups (broad SMARTS) is 1. The van der Waals surface area contributed by atoms with Gasteiger partial charge in [0.25, 0.3) is 0 Å². The van der Waals surface area contributed by atoms with E-state index in [1.54, 1.807) is 11.8 Å². The fourth-order valence-electron chi connectivity index (χ4n) is 0.969. The number of hydrogen-bond acceptors (Lipinski definition) is 5. The highest BCUT2D eigenvalue weighted by atomic mass is 32.2. The van der Waals surface area contributed by atoms with Gasteiger partial charge in [0.05, 0.1) is 6.20 Å². The van der Waals surface area contributed by atoms with E-state index in [1.165, 1.54) is 10.9 Å². The summed E-state index contributed by atoms with van der Waals surface area (Å²) in [6.45, 7) is 0.565. The van der Waals surface area contributed by atoms with E-state index < -0.39 is 5.97 Å². The van der Waals surface area contributed by atoms with Crippen LogP contribution >= 0.6 is 11.8 Å². The summed E-state index contributed by atoms with van der Waals surface area (Å²) in [5, 5.41) is 18.2. The fourth-order valence-corrected chi connectivity index (χ4v) is 1.28. The second-order valence-corrected chi connectivity index (χ2v) is 3.93. The molecular weight excluding hydrogens is 232 g/mol. The zero-order valence-electron chi connectivity index (χ0n) is 8.71. The molecule has 0 saturated heterocycles. The van der Waals surface area contributed by atoms with Crippen LogP contribution in [0.1, 0.15) is 10.5 Å². The molecule has 1 amide bonds. The van der Waals surface area contributed by atoms with Gasteiger partial charge in [0.15, 0.2) is 5.69 Å². The van der Waals surface area contributed by atoms with Crippen molar-refractivity contribution in [2.75, 3.05) is 18.6 Å². The minimum Gasteiger partial charge on any atom is -0.476 e. The highest BCUT2D eigenvalue weighted by molar-refractivity contribution is 7.98. The van der Waals surface area contributed by atoms with Crippen LogP contribution in [0.25, 0.3) is 0 Å². The smallest absolute Gasteiger partial charge is 0.358 e. The predicted molar refractivity (Wildman–Crippen MR) is 58.4 cm³/mol. The fraction of sp³-hybridized carbons (Fsp3) is 0.500. The third-order valence-electron chi connectivity index (χ3n) is 1.69. The first-order valence-electron chi connectivity index (χ1n) is 4.52. The minimum absolute atomic E-state index is 0.0192. The van der Waals surface area contributed by atoms with Gasteiger partial charge in [-0.1, -0.05) is 5.21 Å². The van der Waals surface area contributed by atoms with E-state index >= 15 is 0 Å². The Labute approximate surface area is 96.2 Å². The topological polar surface area (TPSA) is 97.1 Å². The van der Waals surface area contributed by atoms with Crippen LogP contribution in [-0.4, -0.2) is 50.5 Å². The molecule has 0 bridgehead atoms. The van der Waals surface area contributed by atoms with Crippen LogP contribution < -0.4 is 5.32 Å². The zero-order valence-corrected chi connectivity index (χ0v) is 9.53. The molecule has 1 heterocycles. The van der Waals surface area contributed by atoms with Crippen LogP contribution in [0.5, 0.6) is 0 Å². The molecule has 88 valence electrons. The van der Waals surface area contributed by atoms with Crippen molar-refractivity contribution in [2.24, 2.45) is 0 Å². The lowest BCUT2D eigenvalue weighted by atomic mass is 10.5. The summed E-state index contributed by atoms with van der Waals surface area (Å²) < 4.78 is 1.19. The number of thioether (sulfide) groups is 1. The molecule has 0 aliphatic carbocycles. The average molecular weight is 244 g/mol. The molecular formula is C8H12N4O3S. The van der Waals surface area contributed by atoms with Crippen molar-refractivity contribution in [3.63, 3.8) is 0 Å². The maximum Gasteiger partial charge on any atom is 0.358 e. The number of amides is 1. The predicted octanol–water partition coefficient (Wildman–Crippen LogP) is -0.545. The van der Waals surface area contributed by atoms with Crippen molar-refractivity contribution in [3.8, 4) is 0 Å². The summed E-state index contributed by atoms with van der Waals surface area (Å²) in [5.74, 6) is -0.534. The van der Waals surface area contributed by atoms with E-state index in [4.69, 9.17) is 5.11 Å². The van der Waals surface area contributed by atoms with Crippen LogP contribution in [0, 0.1) is 0 Å². The van der Waals surface area contributed by atoms with Crippen LogP contribution in [0.15, 0.2) is 6.20 Å². The van der Waals surface area contributed by atoms with Crippen molar-refractivity contribution >= 4 is 23.6 Å². The number of rotatable bonds is 6. The van der Waals surface area contributed by atoms with Gasteiger partial charge in [-0.05, 0) is 6.26 Å². The molecule has 0 radical (unpaired) electrons. The highest BCUT2D eigenvalue weighted by Gasteiger charge is 2.09. The van der Waals surface area contributed by atoms with Gasteiger partial charge in [-0.3, -0.25) is 4.79 Å². The molecule has 0 spiro atoms. The first kappa shape index (κ1) is 12.5. The number of carboxylic acids is 1. The standard InChI is InChI=1S/C8H12N4O3S/c1-16-3-2-9-7(13)5-12-4-6(8(14)15)10-11-12/h4H,2-3,5H2,1H3,(H,9,13)(H,14,15). The lowest BCUT2D eigenvalue weighted by Gasteiger charge is -2.02. The summed E-state index contributed by atoms with van der Waals surface area (Å²) in [5.41, 5.74) is -0.170. The Hall–Kier alpha value is -1.57. The van der Waals surface area contributed by atoms with Crippen molar-refractivity contribution in [3.05, 3.63) is 11.9 Å². The molecule has 0 fully saturated rings. The Morgan fingerprint density at radius 1 is 1.62 bits per heavy atom. The molecule has 0 aromatic carbocycles. The first-order valence-corrected chi connectivity index (χ1v) is 5.92. The number of carbonyl (C=O) groups excluding carboxylic acids is 1. The lowest BCUT2D eigenvalue weighted by Crippen LogP contribution is -2.29. The van der Waals surface area contributed by atoms with Gasteiger partial charge in [-0.2, -0.15) is 11.8 Å². The molecule has 0 aliphatic heterocycles. The Morgan fingerprint density at radius 2 is 2.38 bits per heavy atom. The summed E-state index contributed by atoms with van der Waals surface area (Å²) in [6, 6.07) is 0. The molecule has 7 nitrogen and oxygen atoms in total. The van der Waals surface area contributed by atoms with E-state index in [0.29, 0.717) is 6.54 Å². The van der Waals surface area contributed by atoms with Crippen molar-refractivity contribution in [1.29, 1.82) is 0 Å². The quantitative estimate of drug-likeness (QED) is 0.652. The zero-order chi connectivity index (χ0) is 12.0. The van der Waals surface area contributed by atoms with E-state index in [1.807, 2.05) is 6.26 Å². The number of nitrogens with zero attached hydrogens (tertiary/aromatic N) is 3. The number of aromatic nitrogens is 3. The summed E-state index contributed by atoms with van der Waals surface area (Å²) in [4.78, 5) is 21.8. The molecule has 0 atom stereocenters. The summed E-state index contributed by atoms with van der Waals surface area (Å²) >= 11 is 1.63. The maximum absolute atomic E-state index is 11.3. The maximum atomic E-state index is 11.3. The Bertz CT molecular complexity index is 379.